The molecule has 29 heteroatoms. The molecule has 0 saturated heterocycles. The second-order valence-corrected chi connectivity index (χ2v) is 20.5. The van der Waals surface area contributed by atoms with E-state index in [9.17, 15) is 68.4 Å². The fraction of sp³-hybridized carbons (Fsp3) is 0.404. The highest BCUT2D eigenvalue weighted by molar-refractivity contribution is 5.99. The lowest BCUT2D eigenvalue weighted by molar-refractivity contribution is -0.142. The molecule has 0 radical (unpaired) electrons. The van der Waals surface area contributed by atoms with Crippen molar-refractivity contribution in [3.8, 4) is 11.5 Å². The van der Waals surface area contributed by atoms with Crippen LogP contribution in [0.3, 0.4) is 0 Å². The summed E-state index contributed by atoms with van der Waals surface area (Å²) in [6, 6.07) is 6.64. The summed E-state index contributed by atoms with van der Waals surface area (Å²) in [5.74, 6) is -11.0. The number of guanidine groups is 1. The van der Waals surface area contributed by atoms with Crippen LogP contribution in [0.1, 0.15) is 75.3 Å². The fourth-order valence-corrected chi connectivity index (χ4v) is 8.95. The normalized spacial score (nSPS) is 14.2. The second-order valence-electron chi connectivity index (χ2n) is 20.5. The number of amides is 8. The van der Waals surface area contributed by atoms with Crippen LogP contribution in [-0.2, 0) is 73.6 Å². The number of nitrogens with one attached hydrogen (secondary N) is 10. The van der Waals surface area contributed by atoms with Crippen molar-refractivity contribution in [3.05, 3.63) is 114 Å². The van der Waals surface area contributed by atoms with Gasteiger partial charge in [0.25, 0.3) is 0 Å². The molecular weight excluding hydrogens is 1120 g/mol. The van der Waals surface area contributed by atoms with Crippen molar-refractivity contribution in [2.75, 3.05) is 13.1 Å². The summed E-state index contributed by atoms with van der Waals surface area (Å²) in [4.78, 5) is 151. The van der Waals surface area contributed by atoms with Crippen molar-refractivity contribution in [2.24, 2.45) is 28.1 Å². The first-order valence-corrected chi connectivity index (χ1v) is 27.6. The number of H-pyrrole nitrogens is 2. The highest BCUT2D eigenvalue weighted by Gasteiger charge is 2.36. The molecule has 9 atom stereocenters. The predicted molar refractivity (Wildman–Crippen MR) is 312 cm³/mol. The van der Waals surface area contributed by atoms with E-state index in [4.69, 9.17) is 17.2 Å². The minimum atomic E-state index is -1.74. The van der Waals surface area contributed by atoms with E-state index in [1.54, 1.807) is 44.3 Å². The summed E-state index contributed by atoms with van der Waals surface area (Å²) in [6.45, 7) is 4.13. The Morgan fingerprint density at radius 1 is 0.593 bits per heavy atom. The Kier molecular flexibility index (Phi) is 25.4. The monoisotopic (exact) mass is 1190 g/mol. The lowest BCUT2D eigenvalue weighted by Gasteiger charge is -2.29. The third kappa shape index (κ3) is 21.0. The molecular formula is C57H75N15O14. The molecule has 0 saturated carbocycles. The Morgan fingerprint density at radius 3 is 1.60 bits per heavy atom. The average Bonchev–Trinajstić information content (AvgIpc) is 3.69. The number of hydrogen-bond donors (Lipinski definition) is 17. The number of aliphatic imine (C=N–C) groups is 1. The van der Waals surface area contributed by atoms with Crippen LogP contribution in [0.25, 0.3) is 10.9 Å². The van der Waals surface area contributed by atoms with Crippen LogP contribution in [0, 0.1) is 5.92 Å². The van der Waals surface area contributed by atoms with E-state index in [-0.39, 0.29) is 62.5 Å². The van der Waals surface area contributed by atoms with Crippen molar-refractivity contribution in [1.82, 2.24) is 57.5 Å². The molecule has 0 spiro atoms. The zero-order valence-electron chi connectivity index (χ0n) is 47.6. The number of hydrogen-bond acceptors (Lipinski definition) is 15. The van der Waals surface area contributed by atoms with Crippen LogP contribution >= 0.6 is 0 Å². The van der Waals surface area contributed by atoms with Gasteiger partial charge in [0.15, 0.2) is 5.96 Å². The molecule has 5 aromatic rings. The highest BCUT2D eigenvalue weighted by Crippen LogP contribution is 2.21. The number of imidazole rings is 1. The van der Waals surface area contributed by atoms with Gasteiger partial charge in [-0.3, -0.25) is 52.9 Å². The van der Waals surface area contributed by atoms with Crippen molar-refractivity contribution in [3.63, 3.8) is 0 Å². The van der Waals surface area contributed by atoms with Gasteiger partial charge in [-0.25, -0.2) is 4.98 Å². The Balaban J connectivity index is 1.47. The number of phenols is 2. The zero-order chi connectivity index (χ0) is 63.0. The third-order valence-electron chi connectivity index (χ3n) is 13.9. The summed E-state index contributed by atoms with van der Waals surface area (Å²) in [7, 11) is 0. The number of carboxylic acids is 2. The number of aromatic hydroxyl groups is 2. The molecule has 3 aromatic carbocycles. The SMILES string of the molecule is CC[C@H](C)[C@H](NC(=O)[C@H](Cc1c[nH]c2ccccc12)NC(=O)[C@H](CCCN=C(N)N)NC(=O)[C@H](CCC(=O)O)NC(=O)[C@H](Cc1ccc(O)cc1)NC(=O)[C@H](Cc1cnc[nH]1)NC(=O)[C@H](Cc1ccc(O)cc1)NC(=O)CN)C(=O)N[C@@H](C)C(=O)O. The first-order valence-electron chi connectivity index (χ1n) is 27.6. The first kappa shape index (κ1) is 66.7. The van der Waals surface area contributed by atoms with Crippen LogP contribution in [-0.4, -0.2) is 162 Å². The maximum absolute atomic E-state index is 14.7. The van der Waals surface area contributed by atoms with E-state index >= 15 is 0 Å². The molecule has 86 heavy (non-hydrogen) atoms. The Bertz CT molecular complexity index is 3170. The van der Waals surface area contributed by atoms with Gasteiger partial charge in [-0.2, -0.15) is 0 Å². The van der Waals surface area contributed by atoms with Gasteiger partial charge in [-0.1, -0.05) is 62.7 Å². The highest BCUT2D eigenvalue weighted by atomic mass is 16.4. The van der Waals surface area contributed by atoms with Gasteiger partial charge in [0, 0.05) is 67.6 Å². The Labute approximate surface area is 493 Å². The molecule has 29 nitrogen and oxygen atoms in total. The molecule has 0 aliphatic heterocycles. The first-order chi connectivity index (χ1) is 40.9. The number of nitrogens with zero attached hydrogens (tertiary/aromatic N) is 2. The summed E-state index contributed by atoms with van der Waals surface area (Å²) >= 11 is 0. The number of fused-ring (bicyclic) bond motifs is 1. The minimum Gasteiger partial charge on any atom is -0.508 e. The van der Waals surface area contributed by atoms with Gasteiger partial charge in [0.05, 0.1) is 12.9 Å². The van der Waals surface area contributed by atoms with Crippen molar-refractivity contribution in [1.29, 1.82) is 0 Å². The van der Waals surface area contributed by atoms with Crippen LogP contribution in [0.2, 0.25) is 0 Å². The summed E-state index contributed by atoms with van der Waals surface area (Å²) in [6.07, 6.45) is 2.37. The van der Waals surface area contributed by atoms with Gasteiger partial charge in [0.1, 0.15) is 59.8 Å². The van der Waals surface area contributed by atoms with Crippen molar-refractivity contribution < 1.29 is 68.4 Å². The van der Waals surface area contributed by atoms with E-state index in [2.05, 4.69) is 62.5 Å². The summed E-state index contributed by atoms with van der Waals surface area (Å²) in [5.41, 5.74) is 19.2. The minimum absolute atomic E-state index is 0.0354. The quantitative estimate of drug-likeness (QED) is 0.0126. The molecule has 0 aliphatic carbocycles. The number of carboxylic acid groups (broad SMARTS) is 2. The number of aromatic nitrogens is 3. The van der Waals surface area contributed by atoms with Crippen molar-refractivity contribution in [2.45, 2.75) is 127 Å². The zero-order valence-corrected chi connectivity index (χ0v) is 47.6. The number of aliphatic carboxylic acids is 2. The number of carbonyl (C=O) groups excluding carboxylic acids is 8. The van der Waals surface area contributed by atoms with E-state index < -0.39 is 133 Å². The predicted octanol–water partition coefficient (Wildman–Crippen LogP) is -1.52. The largest absolute Gasteiger partial charge is 0.508 e. The summed E-state index contributed by atoms with van der Waals surface area (Å²) < 4.78 is 0. The molecule has 462 valence electrons. The van der Waals surface area contributed by atoms with Gasteiger partial charge in [-0.05, 0) is 79.1 Å². The lowest BCUT2D eigenvalue weighted by Crippen LogP contribution is -2.61. The molecule has 20 N–H and O–H groups in total. The van der Waals surface area contributed by atoms with Gasteiger partial charge >= 0.3 is 11.9 Å². The molecule has 5 rings (SSSR count). The van der Waals surface area contributed by atoms with E-state index in [1.807, 2.05) is 0 Å². The number of phenolic OH excluding ortho intramolecular Hbond substituents is 2. The smallest absolute Gasteiger partial charge is 0.325 e. The molecule has 0 aliphatic rings. The Morgan fingerprint density at radius 2 is 1.09 bits per heavy atom. The Hall–Kier alpha value is -10.1. The number of nitrogens with two attached hydrogens (primary N) is 3. The number of carbonyl (C=O) groups is 10. The van der Waals surface area contributed by atoms with E-state index in [1.165, 1.54) is 68.0 Å². The standard InChI is InChI=1S/C57H75N15O14/c1-4-30(2)48(55(84)65-31(3)56(85)86)72-54(83)44(24-34-27-63-39-9-6-5-8-38(34)39)70-49(78)40(10-7-21-62-57(59)60)67-50(79)41(19-20-47(76)77)68-52(81)43(23-33-13-17-37(74)18-14-33)69-53(82)45(25-35-28-61-29-64-35)71-51(80)42(66-46(75)26-58)22-32-11-15-36(73)16-12-32/h5-6,8-9,11-18,27-31,40-45,48,63,73-74H,4,7,10,19-26,58H2,1-3H3,(H,61,64)(H,65,84)(H,66,75)(H,67,79)(H,68,81)(H,69,82)(H,70,78)(H,71,80)(H,72,83)(H,76,77)(H,85,86)(H4,59,60,62)/t30-,31-,40-,41-,42-,43-,44-,45-,48-/m0/s1. The number of aromatic amines is 2. The van der Waals surface area contributed by atoms with Crippen LogP contribution in [0.5, 0.6) is 11.5 Å². The molecule has 8 amide bonds. The third-order valence-corrected chi connectivity index (χ3v) is 13.9. The molecule has 0 unspecified atom stereocenters. The average molecular weight is 1190 g/mol. The van der Waals surface area contributed by atoms with E-state index in [0.29, 0.717) is 39.7 Å². The van der Waals surface area contributed by atoms with Crippen LogP contribution < -0.4 is 59.7 Å². The molecule has 2 aromatic heterocycles. The fourth-order valence-electron chi connectivity index (χ4n) is 8.95. The lowest BCUT2D eigenvalue weighted by atomic mass is 9.96. The topological polar surface area (TPSA) is 483 Å². The maximum atomic E-state index is 14.7. The van der Waals surface area contributed by atoms with Gasteiger partial charge < -0.3 is 90.1 Å². The molecule has 0 fully saturated rings. The van der Waals surface area contributed by atoms with Gasteiger partial charge in [0.2, 0.25) is 47.3 Å². The number of rotatable bonds is 34. The van der Waals surface area contributed by atoms with Crippen LogP contribution in [0.4, 0.5) is 0 Å². The van der Waals surface area contributed by atoms with Gasteiger partial charge in [-0.15, -0.1) is 0 Å². The van der Waals surface area contributed by atoms with E-state index in [0.717, 1.165) is 0 Å². The maximum Gasteiger partial charge on any atom is 0.325 e. The number of benzene rings is 3. The molecule has 0 bridgehead atoms. The summed E-state index contributed by atoms with van der Waals surface area (Å²) in [5, 5.41) is 60.7. The molecule has 2 heterocycles. The van der Waals surface area contributed by atoms with Crippen molar-refractivity contribution >= 4 is 76.1 Å². The second kappa shape index (κ2) is 32.7. The van der Waals surface area contributed by atoms with Crippen LogP contribution in [0.15, 0.2) is 96.5 Å². The number of para-hydroxylation sites is 1.